The molecule has 4 aliphatic rings. The molecule has 0 unspecified atom stereocenters. The van der Waals surface area contributed by atoms with Crippen molar-refractivity contribution in [1.82, 2.24) is 30.7 Å². The molecule has 5 heterocycles. The van der Waals surface area contributed by atoms with E-state index in [0.29, 0.717) is 53.8 Å². The molecule has 1 fully saturated rings. The highest BCUT2D eigenvalue weighted by atomic mass is 32.1. The summed E-state index contributed by atoms with van der Waals surface area (Å²) in [6, 6.07) is 9.22. The molecule has 11 atom stereocenters. The number of rotatable bonds is 20. The fourth-order valence-corrected chi connectivity index (χ4v) is 14.2. The molecule has 103 heavy (non-hydrogen) atoms. The summed E-state index contributed by atoms with van der Waals surface area (Å²) in [4.78, 5) is 143. The van der Waals surface area contributed by atoms with Crippen LogP contribution < -0.4 is 47.4 Å². The number of nitrogens with one attached hydrogen (secondary N) is 5. The number of allylic oxidation sites excluding steroid dienone is 2. The van der Waals surface area contributed by atoms with Crippen LogP contribution in [0.5, 0.6) is 11.5 Å². The number of unbranched alkanes of at least 4 members (excludes halogenated alkanes) is 2. The van der Waals surface area contributed by atoms with E-state index in [1.807, 2.05) is 12.1 Å². The van der Waals surface area contributed by atoms with Crippen molar-refractivity contribution in [3.8, 4) is 11.5 Å². The highest BCUT2D eigenvalue weighted by Crippen LogP contribution is 2.50. The summed E-state index contributed by atoms with van der Waals surface area (Å²) in [6.45, 7) is 16.3. The van der Waals surface area contributed by atoms with Crippen LogP contribution in [0.25, 0.3) is 31.2 Å². The topological polar surface area (TPSA) is 397 Å². The number of aliphatic hydroxyl groups excluding tert-OH is 3. The lowest BCUT2D eigenvalue weighted by Crippen LogP contribution is -2.54. The minimum atomic E-state index is -2.07. The number of nitrogens with zero attached hydrogens (tertiary/aromatic N) is 4. The Labute approximate surface area is 599 Å². The number of amides is 9. The first-order valence-electron chi connectivity index (χ1n) is 34.6. The van der Waals surface area contributed by atoms with E-state index in [1.54, 1.807) is 95.8 Å². The van der Waals surface area contributed by atoms with Crippen molar-refractivity contribution in [3.63, 3.8) is 0 Å². The van der Waals surface area contributed by atoms with Crippen LogP contribution in [0.4, 0.5) is 26.7 Å². The number of aromatic hydroxyl groups is 1. The molecule has 1 saturated heterocycles. The molecule has 1 aromatic heterocycles. The van der Waals surface area contributed by atoms with Gasteiger partial charge in [-0.05, 0) is 87.4 Å². The fraction of sp³-hybridized carbons (Fsp3) is 0.473. The van der Waals surface area contributed by atoms with Crippen molar-refractivity contribution in [3.05, 3.63) is 118 Å². The molecule has 0 spiro atoms. The number of phenolic OH excluding ortho intramolecular Hbond substituents is 1. The highest BCUT2D eigenvalue weighted by Gasteiger charge is 2.50. The van der Waals surface area contributed by atoms with Crippen LogP contribution in [0, 0.1) is 36.5 Å². The summed E-state index contributed by atoms with van der Waals surface area (Å²) in [5, 5.41) is 60.2. The van der Waals surface area contributed by atoms with E-state index in [0.717, 1.165) is 21.9 Å². The van der Waals surface area contributed by atoms with Gasteiger partial charge in [0.05, 0.1) is 62.1 Å². The van der Waals surface area contributed by atoms with Crippen LogP contribution in [0.3, 0.4) is 0 Å². The Morgan fingerprint density at radius 2 is 1.51 bits per heavy atom. The highest BCUT2D eigenvalue weighted by molar-refractivity contribution is 7.25. The molecule has 9 amide bonds. The number of aliphatic hydroxyl groups is 3. The van der Waals surface area contributed by atoms with Crippen LogP contribution in [0.15, 0.2) is 95.6 Å². The predicted molar refractivity (Wildman–Crippen MR) is 387 cm³/mol. The number of ether oxygens (including phenoxy) is 4. The minimum absolute atomic E-state index is 0.0195. The van der Waals surface area contributed by atoms with Gasteiger partial charge in [0.15, 0.2) is 11.2 Å². The van der Waals surface area contributed by atoms with Gasteiger partial charge in [0.2, 0.25) is 17.7 Å². The first-order valence-corrected chi connectivity index (χ1v) is 35.4. The number of imide groups is 1. The SMILES string of the molecule is CO[C@H]1/C=C/O[C@@]2(C)Oc3c(C)c(=O)c4c(O)c(c5sc6cc(N7CCN(C(=O)OCc8ccc(NC(=O)[C@H](CCCNC(N)=O)NC(=O)[C@@H](NC(=O)CCCCCN9C(=O)C=CC9=O)C(C)C)cc8)CC7)ccc6nc5c4c3C2=O)NC(=O)/C(C)=C\C=C\[C@H](C)[C@H](O)[C@@H](C)[C@@H](O)[C@@H](C)[C@H](O)[C@@H]1C. The Kier molecular flexibility index (Phi) is 25.2. The second-order valence-electron chi connectivity index (χ2n) is 27.3. The van der Waals surface area contributed by atoms with Crippen LogP contribution >= 0.6 is 11.3 Å². The number of primary amides is 1. The number of urea groups is 1. The number of phenols is 1. The molecule has 552 valence electrons. The van der Waals surface area contributed by atoms with Crippen LogP contribution in [-0.4, -0.2) is 177 Å². The van der Waals surface area contributed by atoms with Crippen LogP contribution in [0.2, 0.25) is 0 Å². The third kappa shape index (κ3) is 17.6. The fourth-order valence-electron chi connectivity index (χ4n) is 13.1. The first-order chi connectivity index (χ1) is 48.9. The normalized spacial score (nSPS) is 24.3. The molecule has 4 aliphatic heterocycles. The lowest BCUT2D eigenvalue weighted by molar-refractivity contribution is -0.137. The number of ketones is 1. The molecule has 4 aromatic carbocycles. The van der Waals surface area contributed by atoms with Gasteiger partial charge in [-0.15, -0.1) is 11.3 Å². The molecule has 29 heteroatoms. The smallest absolute Gasteiger partial charge is 0.410 e. The molecule has 0 radical (unpaired) electrons. The van der Waals surface area contributed by atoms with E-state index in [1.165, 1.54) is 51.5 Å². The first kappa shape index (κ1) is 77.4. The largest absolute Gasteiger partial charge is 0.505 e. The molecular formula is C74H92N10O18S. The molecule has 0 aliphatic carbocycles. The Morgan fingerprint density at radius 1 is 0.835 bits per heavy atom. The minimum Gasteiger partial charge on any atom is -0.505 e. The average Bonchev–Trinajstić information content (AvgIpc) is 1.64. The van der Waals surface area contributed by atoms with Crippen LogP contribution in [-0.2, 0) is 49.6 Å². The number of fused-ring (bicyclic) bond motifs is 2. The van der Waals surface area contributed by atoms with Gasteiger partial charge >= 0.3 is 17.9 Å². The van der Waals surface area contributed by atoms with Crippen molar-refractivity contribution in [1.29, 1.82) is 0 Å². The molecule has 5 aromatic rings. The number of hydrogen-bond acceptors (Lipinski definition) is 21. The van der Waals surface area contributed by atoms with E-state index >= 15 is 0 Å². The number of methoxy groups -OCH3 is 1. The van der Waals surface area contributed by atoms with Gasteiger partial charge in [0.25, 0.3) is 23.5 Å². The maximum absolute atomic E-state index is 15.0. The van der Waals surface area contributed by atoms with E-state index in [9.17, 15) is 68.4 Å². The van der Waals surface area contributed by atoms with E-state index in [4.69, 9.17) is 29.7 Å². The second kappa shape index (κ2) is 33.5. The molecule has 0 saturated carbocycles. The van der Waals surface area contributed by atoms with Gasteiger partial charge in [0.1, 0.15) is 30.1 Å². The van der Waals surface area contributed by atoms with E-state index in [2.05, 4.69) is 31.5 Å². The van der Waals surface area contributed by atoms with Gasteiger partial charge in [-0.1, -0.05) is 78.3 Å². The lowest BCUT2D eigenvalue weighted by atomic mass is 9.78. The lowest BCUT2D eigenvalue weighted by Gasteiger charge is -2.36. The Balaban J connectivity index is 0.881. The Hall–Kier alpha value is -9.81. The summed E-state index contributed by atoms with van der Waals surface area (Å²) in [7, 11) is 1.43. The van der Waals surface area contributed by atoms with Gasteiger partial charge < -0.3 is 81.5 Å². The monoisotopic (exact) mass is 1440 g/mol. The predicted octanol–water partition coefficient (Wildman–Crippen LogP) is 6.85. The number of carbonyl (C=O) groups is 9. The van der Waals surface area contributed by atoms with Crippen LogP contribution in [0.1, 0.15) is 115 Å². The zero-order valence-electron chi connectivity index (χ0n) is 59.4. The Bertz CT molecular complexity index is 4260. The molecular weight excluding hydrogens is 1350 g/mol. The van der Waals surface area contributed by atoms with E-state index < -0.39 is 113 Å². The number of hydrogen-bond donors (Lipinski definition) is 10. The van der Waals surface area contributed by atoms with Gasteiger partial charge in [-0.25, -0.2) is 14.6 Å². The quantitative estimate of drug-likeness (QED) is 0.0125. The molecule has 11 N–H and O–H groups in total. The van der Waals surface area contributed by atoms with Crippen molar-refractivity contribution >= 4 is 113 Å². The van der Waals surface area contributed by atoms with E-state index in [-0.39, 0.29) is 125 Å². The maximum Gasteiger partial charge on any atom is 0.410 e. The third-order valence-electron chi connectivity index (χ3n) is 19.6. The standard InChI is InChI=1S/C74H92N10O18S/c1-38(2)58(80-52(85)19-12-11-13-30-84-53(86)26-27-54(84)87)71(96)79-49(18-15-29-76-72(75)97)70(95)77-46-22-20-45(21-23-46)37-100-73(98)83-33-31-82(32-34-83)47-24-25-48-51(36-47)103-67-59(78-48)55-56-64(91)44(8)66-57(55)68(93)74(9,102-66)101-35-28-50(99-10)41(5)62(89)43(7)63(90)42(6)61(88)39(3)16-14-17-40(4)69(94)81-60(67)65(56)92/h14,16-17,20-28,35-36,38-39,41-43,49-50,58,61-63,88-90,92H,11-13,15,18-19,29-34,37H2,1-10H3,(H,77,95)(H,79,96)(H,80,85)(H,81,94)(H3,75,76,97)/b16-14+,35-28+,40-17-/t39-,41+,42+,43-,49-,50-,58-,61-,62+,63+,74-/m0/s1. The summed E-state index contributed by atoms with van der Waals surface area (Å²) in [5.74, 6) is -9.43. The van der Waals surface area contributed by atoms with Crippen molar-refractivity contribution in [2.75, 3.05) is 61.9 Å². The van der Waals surface area contributed by atoms with Crippen molar-refractivity contribution in [2.24, 2.45) is 35.3 Å². The zero-order chi connectivity index (χ0) is 74.9. The van der Waals surface area contributed by atoms with Crippen molar-refractivity contribution in [2.45, 2.75) is 150 Å². The summed E-state index contributed by atoms with van der Waals surface area (Å²) < 4.78 is 24.7. The molecule has 28 nitrogen and oxygen atoms in total. The van der Waals surface area contributed by atoms with Crippen molar-refractivity contribution < 1.29 is 82.5 Å². The second-order valence-corrected chi connectivity index (χ2v) is 28.3. The molecule has 9 rings (SSSR count). The molecule has 4 bridgehead atoms. The average molecular weight is 1440 g/mol. The number of piperazine rings is 1. The summed E-state index contributed by atoms with van der Waals surface area (Å²) in [6.07, 6.45) is 7.14. The number of Topliss-reactive ketones (excluding diaryl/α,β-unsaturated/α-hetero) is 1. The number of benzene rings is 4. The number of anilines is 3. The zero-order valence-corrected chi connectivity index (χ0v) is 60.2. The summed E-state index contributed by atoms with van der Waals surface area (Å²) in [5.41, 5.74) is 6.75. The maximum atomic E-state index is 15.0. The van der Waals surface area contributed by atoms with Gasteiger partial charge in [-0.2, -0.15) is 0 Å². The Morgan fingerprint density at radius 3 is 2.18 bits per heavy atom. The summed E-state index contributed by atoms with van der Waals surface area (Å²) >= 11 is 1.15. The number of nitrogens with two attached hydrogens (primary N) is 1. The van der Waals surface area contributed by atoms with Gasteiger partial charge in [0, 0.05) is 123 Å². The number of carbonyl (C=O) groups excluding carboxylic acids is 9. The number of aromatic nitrogens is 1. The third-order valence-corrected chi connectivity index (χ3v) is 20.7. The van der Waals surface area contributed by atoms with Gasteiger partial charge in [-0.3, -0.25) is 43.3 Å².